The van der Waals surface area contributed by atoms with Crippen LogP contribution in [0, 0.1) is 19.8 Å². The highest BCUT2D eigenvalue weighted by Crippen LogP contribution is 2.27. The molecule has 0 spiro atoms. The molecule has 0 bridgehead atoms. The Morgan fingerprint density at radius 3 is 2.33 bits per heavy atom. The number of nitrogens with zero attached hydrogens (tertiary/aromatic N) is 4. The zero-order valence-corrected chi connectivity index (χ0v) is 26.1. The summed E-state index contributed by atoms with van der Waals surface area (Å²) in [5.74, 6) is 0.806. The van der Waals surface area contributed by atoms with E-state index in [1.807, 2.05) is 23.7 Å². The molecule has 232 valence electrons. The van der Waals surface area contributed by atoms with Crippen LogP contribution >= 0.6 is 0 Å². The maximum atomic E-state index is 12.8. The molecular formula is C31H48N6O4S. The van der Waals surface area contributed by atoms with Gasteiger partial charge in [0.15, 0.2) is 0 Å². The first-order valence-corrected chi connectivity index (χ1v) is 17.2. The molecule has 0 atom stereocenters. The fraction of sp³-hybridized carbons (Fsp3) is 0.677. The van der Waals surface area contributed by atoms with E-state index in [1.165, 1.54) is 37.7 Å². The normalized spacial score (nSPS) is 20.1. The smallest absolute Gasteiger partial charge is 0.240 e. The Labute approximate surface area is 251 Å². The van der Waals surface area contributed by atoms with Gasteiger partial charge in [0, 0.05) is 69.5 Å². The van der Waals surface area contributed by atoms with Crippen LogP contribution in [0.3, 0.4) is 0 Å². The van der Waals surface area contributed by atoms with E-state index in [0.29, 0.717) is 38.6 Å². The van der Waals surface area contributed by atoms with Gasteiger partial charge in [-0.05, 0) is 69.7 Å². The van der Waals surface area contributed by atoms with Crippen molar-refractivity contribution in [2.24, 2.45) is 5.92 Å². The minimum absolute atomic E-state index is 0.232. The number of carbonyl (C=O) groups excluding carboxylic acids is 1. The quantitative estimate of drug-likeness (QED) is 0.408. The number of hydrogen-bond acceptors (Lipinski definition) is 7. The van der Waals surface area contributed by atoms with Gasteiger partial charge < -0.3 is 10.1 Å². The van der Waals surface area contributed by atoms with E-state index < -0.39 is 10.0 Å². The van der Waals surface area contributed by atoms with E-state index in [1.54, 1.807) is 12.1 Å². The summed E-state index contributed by atoms with van der Waals surface area (Å²) in [6.07, 6.45) is 8.90. The molecule has 10 nitrogen and oxygen atoms in total. The summed E-state index contributed by atoms with van der Waals surface area (Å²) >= 11 is 0. The Morgan fingerprint density at radius 2 is 1.64 bits per heavy atom. The predicted octanol–water partition coefficient (Wildman–Crippen LogP) is 3.15. The number of ether oxygens (including phenoxy) is 1. The average Bonchev–Trinajstić information content (AvgIpc) is 3.27. The van der Waals surface area contributed by atoms with Crippen molar-refractivity contribution in [1.82, 2.24) is 29.6 Å². The van der Waals surface area contributed by atoms with Crippen molar-refractivity contribution < 1.29 is 17.9 Å². The Kier molecular flexibility index (Phi) is 10.7. The summed E-state index contributed by atoms with van der Waals surface area (Å²) in [6, 6.07) is 7.21. The van der Waals surface area contributed by atoms with Crippen LogP contribution in [0.15, 0.2) is 29.2 Å². The molecule has 3 fully saturated rings. The Bertz CT molecular complexity index is 1280. The summed E-state index contributed by atoms with van der Waals surface area (Å²) in [4.78, 5) is 17.5. The Balaban J connectivity index is 1.11. The number of morpholine rings is 1. The molecule has 1 amide bonds. The van der Waals surface area contributed by atoms with Crippen LogP contribution in [0.1, 0.15) is 68.3 Å². The minimum Gasteiger partial charge on any atom is -0.379 e. The summed E-state index contributed by atoms with van der Waals surface area (Å²) < 4.78 is 35.7. The number of hydrogen-bond donors (Lipinski definition) is 2. The van der Waals surface area contributed by atoms with Crippen molar-refractivity contribution in [3.63, 3.8) is 0 Å². The van der Waals surface area contributed by atoms with Crippen LogP contribution in [-0.4, -0.2) is 92.4 Å². The second-order valence-corrected chi connectivity index (χ2v) is 14.0. The highest BCUT2D eigenvalue weighted by molar-refractivity contribution is 7.89. The van der Waals surface area contributed by atoms with Gasteiger partial charge in [-0.25, -0.2) is 17.8 Å². The van der Waals surface area contributed by atoms with E-state index in [4.69, 9.17) is 9.84 Å². The summed E-state index contributed by atoms with van der Waals surface area (Å²) in [7, 11) is -3.58. The standard InChI is InChI=1S/C31H48N6O4S/c1-24-30(23-36-15-12-27(13-16-36)33-31(38)22-26-6-4-3-5-7-26)25(2)37(34-24)28-8-10-29(11-9-28)42(39,40)32-14-17-35-18-20-41-21-19-35/h8-11,26-27,32H,3-7,12-23H2,1-2H3,(H,33,38). The van der Waals surface area contributed by atoms with Gasteiger partial charge in [-0.15, -0.1) is 0 Å². The van der Waals surface area contributed by atoms with Gasteiger partial charge in [-0.2, -0.15) is 5.10 Å². The lowest BCUT2D eigenvalue weighted by Crippen LogP contribution is -2.44. The van der Waals surface area contributed by atoms with Crippen LogP contribution in [0.5, 0.6) is 0 Å². The van der Waals surface area contributed by atoms with Gasteiger partial charge in [0.1, 0.15) is 0 Å². The molecule has 11 heteroatoms. The number of benzene rings is 1. The first-order chi connectivity index (χ1) is 20.3. The summed E-state index contributed by atoms with van der Waals surface area (Å²) in [5, 5.41) is 8.11. The summed E-state index contributed by atoms with van der Waals surface area (Å²) in [5.41, 5.74) is 4.09. The molecule has 42 heavy (non-hydrogen) atoms. The number of nitrogens with one attached hydrogen (secondary N) is 2. The first-order valence-electron chi connectivity index (χ1n) is 15.8. The van der Waals surface area contributed by atoms with Crippen molar-refractivity contribution in [2.75, 3.05) is 52.5 Å². The topological polar surface area (TPSA) is 109 Å². The lowest BCUT2D eigenvalue weighted by atomic mass is 9.86. The maximum Gasteiger partial charge on any atom is 0.240 e. The van der Waals surface area contributed by atoms with Crippen LogP contribution < -0.4 is 10.0 Å². The van der Waals surface area contributed by atoms with Gasteiger partial charge in [0.2, 0.25) is 15.9 Å². The third kappa shape index (κ3) is 8.19. The number of sulfonamides is 1. The number of amides is 1. The van der Waals surface area contributed by atoms with Crippen LogP contribution in [-0.2, 0) is 26.1 Å². The van der Waals surface area contributed by atoms with Crippen LogP contribution in [0.4, 0.5) is 0 Å². The number of aromatic nitrogens is 2. The number of piperidine rings is 1. The highest BCUT2D eigenvalue weighted by atomic mass is 32.2. The van der Waals surface area contributed by atoms with E-state index >= 15 is 0 Å². The molecule has 1 aliphatic carbocycles. The third-order valence-electron chi connectivity index (χ3n) is 9.19. The number of rotatable bonds is 11. The van der Waals surface area contributed by atoms with Crippen LogP contribution in [0.2, 0.25) is 0 Å². The van der Waals surface area contributed by atoms with Crippen molar-refractivity contribution in [3.05, 3.63) is 41.2 Å². The molecular weight excluding hydrogens is 552 g/mol. The van der Waals surface area contributed by atoms with Crippen molar-refractivity contribution in [3.8, 4) is 5.69 Å². The third-order valence-corrected chi connectivity index (χ3v) is 10.7. The fourth-order valence-electron chi connectivity index (χ4n) is 6.57. The SMILES string of the molecule is Cc1nn(-c2ccc(S(=O)(=O)NCCN3CCOCC3)cc2)c(C)c1CN1CCC(NC(=O)CC2CCCCC2)CC1. The molecule has 2 aromatic rings. The van der Waals surface area contributed by atoms with Gasteiger partial charge in [0.25, 0.3) is 0 Å². The number of carbonyl (C=O) groups is 1. The second kappa shape index (κ2) is 14.4. The second-order valence-electron chi connectivity index (χ2n) is 12.2. The zero-order chi connectivity index (χ0) is 29.5. The number of aryl methyl sites for hydroxylation is 1. The van der Waals surface area contributed by atoms with E-state index in [2.05, 4.69) is 26.8 Å². The highest BCUT2D eigenvalue weighted by Gasteiger charge is 2.25. The lowest BCUT2D eigenvalue weighted by molar-refractivity contribution is -0.123. The molecule has 0 radical (unpaired) electrons. The van der Waals surface area contributed by atoms with Crippen molar-refractivity contribution in [1.29, 1.82) is 0 Å². The maximum absolute atomic E-state index is 12.8. The molecule has 1 aromatic carbocycles. The first kappa shape index (κ1) is 31.1. The molecule has 3 heterocycles. The van der Waals surface area contributed by atoms with Gasteiger partial charge in [-0.3, -0.25) is 14.6 Å². The predicted molar refractivity (Wildman–Crippen MR) is 163 cm³/mol. The fourth-order valence-corrected chi connectivity index (χ4v) is 7.59. The van der Waals surface area contributed by atoms with Gasteiger partial charge >= 0.3 is 0 Å². The Hall–Kier alpha value is -2.31. The van der Waals surface area contributed by atoms with E-state index in [0.717, 1.165) is 62.6 Å². The van der Waals surface area contributed by atoms with E-state index in [-0.39, 0.29) is 16.8 Å². The monoisotopic (exact) mass is 600 g/mol. The molecule has 2 N–H and O–H groups in total. The Morgan fingerprint density at radius 1 is 0.952 bits per heavy atom. The number of likely N-dealkylation sites (tertiary alicyclic amines) is 1. The summed E-state index contributed by atoms with van der Waals surface area (Å²) in [6.45, 7) is 10.9. The molecule has 2 aliphatic heterocycles. The minimum atomic E-state index is -3.58. The lowest BCUT2D eigenvalue weighted by Gasteiger charge is -2.33. The molecule has 2 saturated heterocycles. The molecule has 1 saturated carbocycles. The van der Waals surface area contributed by atoms with Gasteiger partial charge in [0.05, 0.1) is 29.5 Å². The average molecular weight is 601 g/mol. The van der Waals surface area contributed by atoms with Crippen molar-refractivity contribution >= 4 is 15.9 Å². The van der Waals surface area contributed by atoms with Crippen molar-refractivity contribution in [2.45, 2.75) is 82.7 Å². The van der Waals surface area contributed by atoms with E-state index in [9.17, 15) is 13.2 Å². The molecule has 1 aromatic heterocycles. The molecule has 5 rings (SSSR count). The molecule has 0 unspecified atom stereocenters. The molecule has 3 aliphatic rings. The largest absolute Gasteiger partial charge is 0.379 e. The zero-order valence-electron chi connectivity index (χ0n) is 25.3. The van der Waals surface area contributed by atoms with Gasteiger partial charge in [-0.1, -0.05) is 19.3 Å². The van der Waals surface area contributed by atoms with Crippen LogP contribution in [0.25, 0.3) is 5.69 Å².